The van der Waals surface area contributed by atoms with Gasteiger partial charge in [0.05, 0.1) is 0 Å². The lowest BCUT2D eigenvalue weighted by atomic mass is 10.8. The summed E-state index contributed by atoms with van der Waals surface area (Å²) in [6.45, 7) is 0. The van der Waals surface area contributed by atoms with E-state index in [-0.39, 0.29) is 0 Å². The second kappa shape index (κ2) is 2.59. The highest BCUT2D eigenvalue weighted by atomic mass is 35.5. The molecular weight excluding hydrogens is 133 g/mol. The summed E-state index contributed by atoms with van der Waals surface area (Å²) in [6.07, 6.45) is -1.96. The van der Waals surface area contributed by atoms with Gasteiger partial charge in [-0.05, 0) is 0 Å². The smallest absolute Gasteiger partial charge is 0.197 e. The van der Waals surface area contributed by atoms with Crippen molar-refractivity contribution < 1.29 is 8.78 Å². The molecule has 0 aliphatic rings. The molecule has 0 saturated carbocycles. The van der Waals surface area contributed by atoms with Crippen molar-refractivity contribution in [1.82, 2.24) is 0 Å². The van der Waals surface area contributed by atoms with Crippen molar-refractivity contribution in [2.24, 2.45) is 0 Å². The second-order valence-corrected chi connectivity index (χ2v) is 1.69. The van der Waals surface area contributed by atoms with E-state index in [1.807, 2.05) is 0 Å². The van der Waals surface area contributed by atoms with Gasteiger partial charge in [0.25, 0.3) is 0 Å². The Morgan fingerprint density at radius 2 is 1.50 bits per heavy atom. The zero-order chi connectivity index (χ0) is 5.15. The fourth-order valence-electron chi connectivity index (χ4n) is 0. The topological polar surface area (TPSA) is 0 Å². The number of halogens is 4. The maximum absolute atomic E-state index is 10.8. The molecule has 0 aliphatic heterocycles. The summed E-state index contributed by atoms with van der Waals surface area (Å²) in [5.41, 5.74) is 0. The molecule has 0 bridgehead atoms. The number of hydrogen-bond donors (Lipinski definition) is 0. The van der Waals surface area contributed by atoms with E-state index in [1.165, 1.54) is 0 Å². The molecule has 0 N–H and O–H groups in total. The van der Waals surface area contributed by atoms with Crippen molar-refractivity contribution >= 4 is 23.2 Å². The first-order chi connectivity index (χ1) is 2.64. The molecule has 0 aliphatic carbocycles. The molecule has 0 aromatic carbocycles. The second-order valence-electron chi connectivity index (χ2n) is 0.590. The normalized spacial score (nSPS) is 11.0. The molecule has 37 valence electrons. The monoisotopic (exact) mass is 133 g/mol. The van der Waals surface area contributed by atoms with Gasteiger partial charge in [-0.1, -0.05) is 23.2 Å². The van der Waals surface area contributed by atoms with Crippen molar-refractivity contribution in [3.05, 3.63) is 6.43 Å². The van der Waals surface area contributed by atoms with Gasteiger partial charge in [-0.25, -0.2) is 0 Å². The Balaban J connectivity index is 2.99. The molecule has 0 unspecified atom stereocenters. The highest BCUT2D eigenvalue weighted by Crippen LogP contribution is 2.18. The van der Waals surface area contributed by atoms with Crippen LogP contribution in [-0.2, 0) is 0 Å². The molecule has 0 aromatic rings. The van der Waals surface area contributed by atoms with E-state index in [2.05, 4.69) is 23.2 Å². The summed E-state index contributed by atoms with van der Waals surface area (Å²) in [5.74, 6) is 0. The summed E-state index contributed by atoms with van der Waals surface area (Å²) >= 11 is 9.18. The molecule has 0 aromatic heterocycles. The van der Waals surface area contributed by atoms with Gasteiger partial charge in [-0.2, -0.15) is 8.78 Å². The van der Waals surface area contributed by atoms with Crippen LogP contribution in [0.25, 0.3) is 0 Å². The van der Waals surface area contributed by atoms with Crippen LogP contribution in [0.4, 0.5) is 8.78 Å². The van der Waals surface area contributed by atoms with Gasteiger partial charge in [0.2, 0.25) is 0 Å². The molecule has 0 atom stereocenters. The summed E-state index contributed by atoms with van der Waals surface area (Å²) in [5, 5.41) is 0. The fraction of sp³-hybridized carbons (Fsp3) is 0.500. The van der Waals surface area contributed by atoms with E-state index in [1.54, 1.807) is 0 Å². The lowest BCUT2D eigenvalue weighted by Crippen LogP contribution is -1.89. The molecule has 0 spiro atoms. The van der Waals surface area contributed by atoms with Crippen LogP contribution < -0.4 is 0 Å². The third-order valence-electron chi connectivity index (χ3n) is 0.165. The van der Waals surface area contributed by atoms with Gasteiger partial charge in [0.1, 0.15) is 0 Å². The quantitative estimate of drug-likeness (QED) is 0.482. The lowest BCUT2D eigenvalue weighted by molar-refractivity contribution is 0.298. The van der Waals surface area contributed by atoms with Crippen LogP contribution in [-0.4, -0.2) is 4.84 Å². The molecule has 0 rings (SSSR count). The minimum absolute atomic E-state index is 1.62. The summed E-state index contributed by atoms with van der Waals surface area (Å²) in [6, 6.07) is 0. The van der Waals surface area contributed by atoms with Crippen LogP contribution in [0.2, 0.25) is 0 Å². The zero-order valence-electron chi connectivity index (χ0n) is 2.59. The number of hydrogen-bond acceptors (Lipinski definition) is 0. The van der Waals surface area contributed by atoms with Crippen LogP contribution >= 0.6 is 23.2 Å². The van der Waals surface area contributed by atoms with E-state index in [0.29, 0.717) is 0 Å². The summed E-state index contributed by atoms with van der Waals surface area (Å²) < 4.78 is 21.6. The van der Waals surface area contributed by atoms with Gasteiger partial charge < -0.3 is 0 Å². The van der Waals surface area contributed by atoms with Crippen LogP contribution in [0.15, 0.2) is 0 Å². The van der Waals surface area contributed by atoms with E-state index in [4.69, 9.17) is 0 Å². The Bertz CT molecular complexity index is 30.5. The molecule has 4 heteroatoms. The van der Waals surface area contributed by atoms with Crippen molar-refractivity contribution in [3.8, 4) is 0 Å². The average molecular weight is 134 g/mol. The standard InChI is InChI=1S/C2HCl2F2/c3-1(4)2(5)6/h1H. The molecule has 0 nitrogen and oxygen atoms in total. The van der Waals surface area contributed by atoms with Gasteiger partial charge in [0.15, 0.2) is 4.84 Å². The Labute approximate surface area is 44.0 Å². The first kappa shape index (κ1) is 6.44. The van der Waals surface area contributed by atoms with Crippen LogP contribution in [0.1, 0.15) is 0 Å². The highest BCUT2D eigenvalue weighted by molar-refractivity contribution is 6.45. The average Bonchev–Trinajstić information content (AvgIpc) is 1.36. The minimum Gasteiger partial charge on any atom is -0.197 e. The number of rotatable bonds is 1. The van der Waals surface area contributed by atoms with Gasteiger partial charge in [0, 0.05) is 0 Å². The van der Waals surface area contributed by atoms with E-state index >= 15 is 0 Å². The van der Waals surface area contributed by atoms with Gasteiger partial charge >= 0.3 is 6.43 Å². The Kier molecular flexibility index (Phi) is 2.78. The van der Waals surface area contributed by atoms with Crippen LogP contribution in [0.5, 0.6) is 0 Å². The first-order valence-electron chi connectivity index (χ1n) is 1.10. The van der Waals surface area contributed by atoms with Crippen LogP contribution in [0.3, 0.4) is 0 Å². The summed E-state index contributed by atoms with van der Waals surface area (Å²) in [4.78, 5) is -1.62. The first-order valence-corrected chi connectivity index (χ1v) is 1.98. The van der Waals surface area contributed by atoms with Crippen molar-refractivity contribution in [3.63, 3.8) is 0 Å². The molecular formula is C2HCl2F2. The van der Waals surface area contributed by atoms with E-state index < -0.39 is 11.3 Å². The third-order valence-corrected chi connectivity index (χ3v) is 0.495. The van der Waals surface area contributed by atoms with E-state index in [9.17, 15) is 8.78 Å². The third kappa shape index (κ3) is 2.67. The largest absolute Gasteiger partial charge is 0.342 e. The SMILES string of the molecule is F[C](F)C(Cl)Cl. The van der Waals surface area contributed by atoms with Gasteiger partial charge in [-0.3, -0.25) is 0 Å². The molecule has 0 heterocycles. The maximum Gasteiger partial charge on any atom is 0.342 e. The van der Waals surface area contributed by atoms with E-state index in [0.717, 1.165) is 0 Å². The van der Waals surface area contributed by atoms with Crippen molar-refractivity contribution in [2.45, 2.75) is 4.84 Å². The predicted octanol–water partition coefficient (Wildman–Crippen LogP) is 2.22. The Hall–Kier alpha value is 0.440. The molecule has 0 fully saturated rings. The zero-order valence-corrected chi connectivity index (χ0v) is 4.10. The van der Waals surface area contributed by atoms with Gasteiger partial charge in [-0.15, -0.1) is 0 Å². The Morgan fingerprint density at radius 3 is 1.50 bits per heavy atom. The highest BCUT2D eigenvalue weighted by Gasteiger charge is 2.14. The molecule has 0 saturated heterocycles. The van der Waals surface area contributed by atoms with Crippen molar-refractivity contribution in [1.29, 1.82) is 0 Å². The predicted molar refractivity (Wildman–Crippen MR) is 21.0 cm³/mol. The fourth-order valence-corrected chi connectivity index (χ4v) is 0. The minimum atomic E-state index is -1.96. The molecule has 1 radical (unpaired) electrons. The Morgan fingerprint density at radius 1 is 1.33 bits per heavy atom. The summed E-state index contributed by atoms with van der Waals surface area (Å²) in [7, 11) is 0. The lowest BCUT2D eigenvalue weighted by Gasteiger charge is -1.89. The van der Waals surface area contributed by atoms with Crippen LogP contribution in [0, 0.1) is 6.43 Å². The maximum atomic E-state index is 10.8. The number of alkyl halides is 2. The molecule has 6 heavy (non-hydrogen) atoms. The van der Waals surface area contributed by atoms with Crippen molar-refractivity contribution in [2.75, 3.05) is 0 Å². The molecule has 0 amide bonds.